The molecule has 0 spiro atoms. The molecule has 0 aliphatic carbocycles. The highest BCUT2D eigenvalue weighted by Crippen LogP contribution is 2.35. The summed E-state index contributed by atoms with van der Waals surface area (Å²) in [4.78, 5) is 16.6. The Bertz CT molecular complexity index is 508. The summed E-state index contributed by atoms with van der Waals surface area (Å²) in [5.41, 5.74) is 1.24. The summed E-state index contributed by atoms with van der Waals surface area (Å²) in [7, 11) is 0. The quantitative estimate of drug-likeness (QED) is 0.586. The molecular formula is C13H16N2OS3. The van der Waals surface area contributed by atoms with Crippen LogP contribution in [0.15, 0.2) is 33.2 Å². The Labute approximate surface area is 127 Å². The Morgan fingerprint density at radius 3 is 2.53 bits per heavy atom. The molecule has 0 N–H and O–H groups in total. The number of likely N-dealkylation sites (N-methyl/N-ethyl adjacent to an activating group) is 1. The first kappa shape index (κ1) is 14.7. The molecule has 0 unspecified atom stereocenters. The summed E-state index contributed by atoms with van der Waals surface area (Å²) in [5, 5.41) is 3.28. The summed E-state index contributed by atoms with van der Waals surface area (Å²) in [6, 6.07) is 0. The Kier molecular flexibility index (Phi) is 4.76. The fourth-order valence-electron chi connectivity index (χ4n) is 1.91. The molecule has 1 fully saturated rings. The van der Waals surface area contributed by atoms with E-state index in [1.807, 2.05) is 19.1 Å². The molecule has 102 valence electrons. The number of thioether (sulfide) groups is 2. The first-order chi connectivity index (χ1) is 9.08. The molecule has 0 aromatic rings. The van der Waals surface area contributed by atoms with Gasteiger partial charge in [-0.15, -0.1) is 0 Å². The van der Waals surface area contributed by atoms with Crippen molar-refractivity contribution in [3.8, 4) is 0 Å². The predicted octanol–water partition coefficient (Wildman–Crippen LogP) is 3.52. The Hall–Kier alpha value is -0.720. The number of carbonyl (C=O) groups is 1. The van der Waals surface area contributed by atoms with E-state index >= 15 is 0 Å². The first-order valence-electron chi connectivity index (χ1n) is 6.15. The molecule has 1 saturated heterocycles. The predicted molar refractivity (Wildman–Crippen MR) is 87.5 cm³/mol. The number of carbonyl (C=O) groups excluding carboxylic acids is 1. The minimum Gasteiger partial charge on any atom is -0.340 e. The van der Waals surface area contributed by atoms with E-state index in [4.69, 9.17) is 12.2 Å². The molecule has 0 saturated carbocycles. The highest BCUT2D eigenvalue weighted by Gasteiger charge is 2.30. The van der Waals surface area contributed by atoms with Gasteiger partial charge in [0.05, 0.1) is 9.93 Å². The van der Waals surface area contributed by atoms with E-state index in [0.29, 0.717) is 15.8 Å². The van der Waals surface area contributed by atoms with Crippen LogP contribution in [0.2, 0.25) is 0 Å². The van der Waals surface area contributed by atoms with Crippen LogP contribution in [0.1, 0.15) is 20.8 Å². The summed E-state index contributed by atoms with van der Waals surface area (Å²) in [6.07, 6.45) is 3.88. The maximum Gasteiger partial charge on any atom is 0.266 e. The fourth-order valence-corrected chi connectivity index (χ4v) is 4.21. The van der Waals surface area contributed by atoms with Crippen molar-refractivity contribution in [3.05, 3.63) is 33.2 Å². The van der Waals surface area contributed by atoms with Gasteiger partial charge in [0.2, 0.25) is 0 Å². The van der Waals surface area contributed by atoms with Gasteiger partial charge in [-0.05, 0) is 38.3 Å². The van der Waals surface area contributed by atoms with E-state index < -0.39 is 0 Å². The van der Waals surface area contributed by atoms with Crippen molar-refractivity contribution in [1.29, 1.82) is 0 Å². The van der Waals surface area contributed by atoms with Crippen molar-refractivity contribution in [1.82, 2.24) is 9.80 Å². The molecule has 19 heavy (non-hydrogen) atoms. The normalized spacial score (nSPS) is 24.1. The molecule has 2 aliphatic heterocycles. The van der Waals surface area contributed by atoms with Crippen molar-refractivity contribution < 1.29 is 4.79 Å². The number of rotatable bonds is 3. The Morgan fingerprint density at radius 2 is 1.95 bits per heavy atom. The van der Waals surface area contributed by atoms with E-state index in [2.05, 4.69) is 24.2 Å². The standard InChI is InChI=1S/C13H16N2OS3/c1-4-14-9(3)8-18-11(14)7-6-10-12(16)15(5-2)13(17)19-10/h6-8H,4-5H2,1-3H3. The number of thiocarbonyl (C=S) groups is 1. The van der Waals surface area contributed by atoms with Gasteiger partial charge in [0.1, 0.15) is 4.32 Å². The van der Waals surface area contributed by atoms with Crippen LogP contribution in [0.3, 0.4) is 0 Å². The van der Waals surface area contributed by atoms with Crippen LogP contribution in [0, 0.1) is 0 Å². The second-order valence-electron chi connectivity index (χ2n) is 4.07. The molecule has 2 aliphatic rings. The lowest BCUT2D eigenvalue weighted by molar-refractivity contribution is -0.122. The van der Waals surface area contributed by atoms with Crippen molar-refractivity contribution in [2.75, 3.05) is 13.1 Å². The monoisotopic (exact) mass is 312 g/mol. The number of amides is 1. The van der Waals surface area contributed by atoms with E-state index in [9.17, 15) is 4.79 Å². The number of nitrogens with zero attached hydrogens (tertiary/aromatic N) is 2. The number of allylic oxidation sites excluding steroid dienone is 3. The van der Waals surface area contributed by atoms with Crippen LogP contribution in [0.25, 0.3) is 0 Å². The maximum absolute atomic E-state index is 12.1. The van der Waals surface area contributed by atoms with Crippen molar-refractivity contribution in [3.63, 3.8) is 0 Å². The van der Waals surface area contributed by atoms with Gasteiger partial charge in [-0.2, -0.15) is 0 Å². The van der Waals surface area contributed by atoms with E-state index in [1.54, 1.807) is 16.7 Å². The second-order valence-corrected chi connectivity index (χ2v) is 6.64. The van der Waals surface area contributed by atoms with E-state index in [-0.39, 0.29) is 5.91 Å². The second kappa shape index (κ2) is 6.15. The smallest absolute Gasteiger partial charge is 0.266 e. The lowest BCUT2D eigenvalue weighted by Gasteiger charge is -2.18. The van der Waals surface area contributed by atoms with Crippen molar-refractivity contribution in [2.24, 2.45) is 0 Å². The highest BCUT2D eigenvalue weighted by atomic mass is 32.2. The third-order valence-electron chi connectivity index (χ3n) is 2.93. The van der Waals surface area contributed by atoms with Crippen LogP contribution in [-0.2, 0) is 4.79 Å². The van der Waals surface area contributed by atoms with Crippen molar-refractivity contribution >= 4 is 46.0 Å². The topological polar surface area (TPSA) is 23.6 Å². The zero-order chi connectivity index (χ0) is 14.0. The largest absolute Gasteiger partial charge is 0.340 e. The van der Waals surface area contributed by atoms with Crippen LogP contribution in [0.4, 0.5) is 0 Å². The molecule has 0 bridgehead atoms. The van der Waals surface area contributed by atoms with Gasteiger partial charge < -0.3 is 4.90 Å². The van der Waals surface area contributed by atoms with E-state index in [1.165, 1.54) is 17.5 Å². The van der Waals surface area contributed by atoms with Crippen molar-refractivity contribution in [2.45, 2.75) is 20.8 Å². The molecule has 0 atom stereocenters. The van der Waals surface area contributed by atoms with Gasteiger partial charge in [-0.3, -0.25) is 9.69 Å². The van der Waals surface area contributed by atoms with Gasteiger partial charge in [0.25, 0.3) is 5.91 Å². The first-order valence-corrected chi connectivity index (χ1v) is 8.25. The summed E-state index contributed by atoms with van der Waals surface area (Å²) in [5.74, 6) is 0.0186. The molecule has 3 nitrogen and oxygen atoms in total. The third kappa shape index (κ3) is 2.90. The lowest BCUT2D eigenvalue weighted by atomic mass is 10.4. The van der Waals surface area contributed by atoms with Crippen LogP contribution >= 0.6 is 35.7 Å². The maximum atomic E-state index is 12.1. The van der Waals surface area contributed by atoms with Gasteiger partial charge in [-0.25, -0.2) is 0 Å². The zero-order valence-electron chi connectivity index (χ0n) is 11.2. The average Bonchev–Trinajstić information content (AvgIpc) is 2.87. The SMILES string of the molecule is CCN1C(=O)C(=CC=C2SC=C(C)N2CC)SC1=S. The molecule has 1 amide bonds. The molecular weight excluding hydrogens is 296 g/mol. The average molecular weight is 312 g/mol. The summed E-state index contributed by atoms with van der Waals surface area (Å²) in [6.45, 7) is 7.71. The zero-order valence-corrected chi connectivity index (χ0v) is 13.6. The Morgan fingerprint density at radius 1 is 1.26 bits per heavy atom. The van der Waals surface area contributed by atoms with Gasteiger partial charge in [0, 0.05) is 18.8 Å². The van der Waals surface area contributed by atoms with Gasteiger partial charge >= 0.3 is 0 Å². The molecule has 2 heterocycles. The van der Waals surface area contributed by atoms with Gasteiger partial charge in [0.15, 0.2) is 0 Å². The van der Waals surface area contributed by atoms with Gasteiger partial charge in [-0.1, -0.05) is 35.7 Å². The Balaban J connectivity index is 2.16. The minimum atomic E-state index is 0.0186. The minimum absolute atomic E-state index is 0.0186. The lowest BCUT2D eigenvalue weighted by Crippen LogP contribution is -2.27. The van der Waals surface area contributed by atoms with Crippen LogP contribution in [0.5, 0.6) is 0 Å². The third-order valence-corrected chi connectivity index (χ3v) is 5.38. The van der Waals surface area contributed by atoms with E-state index in [0.717, 1.165) is 11.6 Å². The molecule has 0 radical (unpaired) electrons. The molecule has 2 rings (SSSR count). The van der Waals surface area contributed by atoms with Crippen LogP contribution in [-0.4, -0.2) is 33.1 Å². The molecule has 6 heteroatoms. The molecule has 0 aromatic heterocycles. The number of hydrogen-bond donors (Lipinski definition) is 0. The van der Waals surface area contributed by atoms with Crippen LogP contribution < -0.4 is 0 Å². The highest BCUT2D eigenvalue weighted by molar-refractivity contribution is 8.26. The summed E-state index contributed by atoms with van der Waals surface area (Å²) < 4.78 is 0.651. The molecule has 0 aromatic carbocycles. The summed E-state index contributed by atoms with van der Waals surface area (Å²) >= 11 is 8.26. The number of hydrogen-bond acceptors (Lipinski definition) is 5. The fraction of sp³-hybridized carbons (Fsp3) is 0.385.